The summed E-state index contributed by atoms with van der Waals surface area (Å²) in [5.41, 5.74) is 0.624. The van der Waals surface area contributed by atoms with Crippen molar-refractivity contribution in [2.45, 2.75) is 10.7 Å². The molecule has 94 valence electrons. The van der Waals surface area contributed by atoms with Crippen molar-refractivity contribution in [1.82, 2.24) is 0 Å². The first-order chi connectivity index (χ1) is 7.84. The van der Waals surface area contributed by atoms with Crippen molar-refractivity contribution >= 4 is 31.5 Å². The summed E-state index contributed by atoms with van der Waals surface area (Å²) >= 11 is 3.15. The molecule has 1 aromatic rings. The van der Waals surface area contributed by atoms with Gasteiger partial charge in [0.1, 0.15) is 0 Å². The quantitative estimate of drug-likeness (QED) is 0.905. The lowest BCUT2D eigenvalue weighted by molar-refractivity contribution is 0.234. The Morgan fingerprint density at radius 2 is 1.88 bits per heavy atom. The van der Waals surface area contributed by atoms with Gasteiger partial charge in [-0.05, 0) is 24.3 Å². The SMILES string of the molecule is C=C(Br)CNc1ccc(S(=O)(=O)C(F)F)cc1. The van der Waals surface area contributed by atoms with E-state index in [1.165, 1.54) is 12.1 Å². The summed E-state index contributed by atoms with van der Waals surface area (Å²) in [4.78, 5) is -0.393. The second-order valence-electron chi connectivity index (χ2n) is 3.20. The molecule has 17 heavy (non-hydrogen) atoms. The Hall–Kier alpha value is -0.950. The van der Waals surface area contributed by atoms with Gasteiger partial charge in [0.25, 0.3) is 0 Å². The van der Waals surface area contributed by atoms with Gasteiger partial charge in [0.05, 0.1) is 4.90 Å². The molecule has 0 bridgehead atoms. The van der Waals surface area contributed by atoms with Crippen molar-refractivity contribution in [1.29, 1.82) is 0 Å². The second kappa shape index (κ2) is 5.59. The Morgan fingerprint density at radius 1 is 1.35 bits per heavy atom. The third-order valence-corrected chi connectivity index (χ3v) is 3.58. The van der Waals surface area contributed by atoms with Crippen LogP contribution in [0.5, 0.6) is 0 Å². The molecular weight excluding hydrogens is 316 g/mol. The maximum atomic E-state index is 12.2. The molecule has 1 aromatic carbocycles. The normalized spacial score (nSPS) is 11.5. The minimum atomic E-state index is -4.51. The predicted molar refractivity (Wildman–Crippen MR) is 66.2 cm³/mol. The van der Waals surface area contributed by atoms with Crippen molar-refractivity contribution in [3.05, 3.63) is 35.3 Å². The zero-order valence-electron chi connectivity index (χ0n) is 8.66. The fourth-order valence-electron chi connectivity index (χ4n) is 1.06. The first-order valence-corrected chi connectivity index (χ1v) is 6.87. The van der Waals surface area contributed by atoms with Crippen LogP contribution in [0.15, 0.2) is 40.2 Å². The highest BCUT2D eigenvalue weighted by atomic mass is 79.9. The third-order valence-electron chi connectivity index (χ3n) is 1.90. The first-order valence-electron chi connectivity index (χ1n) is 4.53. The molecule has 1 rings (SSSR count). The van der Waals surface area contributed by atoms with E-state index in [0.29, 0.717) is 12.2 Å². The van der Waals surface area contributed by atoms with Crippen LogP contribution in [0.1, 0.15) is 0 Å². The number of halogens is 3. The van der Waals surface area contributed by atoms with Crippen LogP contribution in [-0.2, 0) is 9.84 Å². The lowest BCUT2D eigenvalue weighted by Crippen LogP contribution is -2.11. The zero-order chi connectivity index (χ0) is 13.1. The van der Waals surface area contributed by atoms with Gasteiger partial charge < -0.3 is 5.32 Å². The van der Waals surface area contributed by atoms with Crippen LogP contribution in [0.2, 0.25) is 0 Å². The van der Waals surface area contributed by atoms with E-state index in [1.54, 1.807) is 0 Å². The zero-order valence-corrected chi connectivity index (χ0v) is 11.1. The van der Waals surface area contributed by atoms with Crippen LogP contribution in [0.3, 0.4) is 0 Å². The van der Waals surface area contributed by atoms with E-state index in [1.807, 2.05) is 0 Å². The Morgan fingerprint density at radius 3 is 2.29 bits per heavy atom. The smallest absolute Gasteiger partial charge is 0.341 e. The average Bonchev–Trinajstić information content (AvgIpc) is 2.26. The summed E-state index contributed by atoms with van der Waals surface area (Å²) < 4.78 is 47.4. The minimum absolute atomic E-state index is 0.393. The van der Waals surface area contributed by atoms with Crippen LogP contribution in [0, 0.1) is 0 Å². The number of anilines is 1. The van der Waals surface area contributed by atoms with E-state index in [2.05, 4.69) is 27.8 Å². The van der Waals surface area contributed by atoms with E-state index in [9.17, 15) is 17.2 Å². The highest BCUT2D eigenvalue weighted by molar-refractivity contribution is 9.11. The monoisotopic (exact) mass is 325 g/mol. The molecule has 0 aliphatic carbocycles. The molecule has 0 aromatic heterocycles. The summed E-state index contributed by atoms with van der Waals surface area (Å²) in [5, 5.41) is 2.92. The van der Waals surface area contributed by atoms with Gasteiger partial charge in [0.2, 0.25) is 9.84 Å². The molecule has 0 atom stereocenters. The second-order valence-corrected chi connectivity index (χ2v) is 6.24. The highest BCUT2D eigenvalue weighted by Gasteiger charge is 2.26. The maximum absolute atomic E-state index is 12.2. The number of benzene rings is 1. The molecule has 0 aliphatic rings. The van der Waals surface area contributed by atoms with Gasteiger partial charge >= 0.3 is 5.76 Å². The summed E-state index contributed by atoms with van der Waals surface area (Å²) in [6, 6.07) is 5.12. The molecular formula is C10H10BrF2NO2S. The number of sulfone groups is 1. The number of rotatable bonds is 5. The lowest BCUT2D eigenvalue weighted by atomic mass is 10.3. The van der Waals surface area contributed by atoms with Crippen molar-refractivity contribution in [3.8, 4) is 0 Å². The Kier molecular flexibility index (Phi) is 4.64. The number of hydrogen-bond donors (Lipinski definition) is 1. The minimum Gasteiger partial charge on any atom is -0.380 e. The predicted octanol–water partition coefficient (Wildman–Crippen LogP) is 3.00. The van der Waals surface area contributed by atoms with Crippen LogP contribution in [-0.4, -0.2) is 20.7 Å². The van der Waals surface area contributed by atoms with E-state index in [0.717, 1.165) is 16.6 Å². The van der Waals surface area contributed by atoms with Crippen molar-refractivity contribution in [2.75, 3.05) is 11.9 Å². The number of alkyl halides is 2. The van der Waals surface area contributed by atoms with Crippen molar-refractivity contribution < 1.29 is 17.2 Å². The Labute approximate surface area is 107 Å². The summed E-state index contributed by atoms with van der Waals surface area (Å²) in [6.07, 6.45) is 0. The van der Waals surface area contributed by atoms with E-state index >= 15 is 0 Å². The van der Waals surface area contributed by atoms with E-state index < -0.39 is 20.5 Å². The van der Waals surface area contributed by atoms with Gasteiger partial charge in [-0.15, -0.1) is 0 Å². The summed E-state index contributed by atoms with van der Waals surface area (Å²) in [7, 11) is -4.51. The van der Waals surface area contributed by atoms with Gasteiger partial charge in [-0.2, -0.15) is 8.78 Å². The van der Waals surface area contributed by atoms with Crippen molar-refractivity contribution in [3.63, 3.8) is 0 Å². The summed E-state index contributed by atoms with van der Waals surface area (Å²) in [5.74, 6) is -3.40. The van der Waals surface area contributed by atoms with Crippen LogP contribution < -0.4 is 5.32 Å². The lowest BCUT2D eigenvalue weighted by Gasteiger charge is -2.07. The van der Waals surface area contributed by atoms with Gasteiger partial charge in [-0.25, -0.2) is 8.42 Å². The molecule has 3 nitrogen and oxygen atoms in total. The molecule has 0 saturated heterocycles. The third kappa shape index (κ3) is 3.78. The van der Waals surface area contributed by atoms with Gasteiger partial charge in [0.15, 0.2) is 0 Å². The topological polar surface area (TPSA) is 46.2 Å². The molecule has 0 aliphatic heterocycles. The fraction of sp³-hybridized carbons (Fsp3) is 0.200. The van der Waals surface area contributed by atoms with Crippen LogP contribution >= 0.6 is 15.9 Å². The Bertz CT molecular complexity index is 500. The molecule has 7 heteroatoms. The standard InChI is InChI=1S/C10H10BrF2NO2S/c1-7(11)6-14-8-2-4-9(5-3-8)17(15,16)10(12)13/h2-5,10,14H,1,6H2. The van der Waals surface area contributed by atoms with Crippen LogP contribution in [0.4, 0.5) is 14.5 Å². The van der Waals surface area contributed by atoms with Gasteiger partial charge in [0, 0.05) is 16.7 Å². The first kappa shape index (κ1) is 14.1. The average molecular weight is 326 g/mol. The molecule has 0 saturated carbocycles. The number of hydrogen-bond acceptors (Lipinski definition) is 3. The molecule has 0 unspecified atom stereocenters. The van der Waals surface area contributed by atoms with Crippen LogP contribution in [0.25, 0.3) is 0 Å². The number of nitrogens with one attached hydrogen (secondary N) is 1. The largest absolute Gasteiger partial charge is 0.380 e. The van der Waals surface area contributed by atoms with Gasteiger partial charge in [-0.1, -0.05) is 22.5 Å². The summed E-state index contributed by atoms with van der Waals surface area (Å²) in [6.45, 7) is 4.07. The highest BCUT2D eigenvalue weighted by Crippen LogP contribution is 2.20. The van der Waals surface area contributed by atoms with E-state index in [-0.39, 0.29) is 0 Å². The molecule has 0 amide bonds. The fourth-order valence-corrected chi connectivity index (χ4v) is 1.92. The van der Waals surface area contributed by atoms with E-state index in [4.69, 9.17) is 0 Å². The maximum Gasteiger partial charge on any atom is 0.341 e. The van der Waals surface area contributed by atoms with Gasteiger partial charge in [-0.3, -0.25) is 0 Å². The Balaban J connectivity index is 2.85. The molecule has 0 radical (unpaired) electrons. The molecule has 0 fully saturated rings. The molecule has 1 N–H and O–H groups in total. The molecule has 0 heterocycles. The van der Waals surface area contributed by atoms with Crippen molar-refractivity contribution in [2.24, 2.45) is 0 Å². The molecule has 0 spiro atoms.